The van der Waals surface area contributed by atoms with Crippen LogP contribution in [0.25, 0.3) is 0 Å². The van der Waals surface area contributed by atoms with Gasteiger partial charge in [0, 0.05) is 0 Å². The molecule has 1 heteroatoms. The molecule has 0 aliphatic rings. The first-order valence-electron chi connectivity index (χ1n) is 5.76. The average molecular weight is 200 g/mol. The first kappa shape index (κ1) is 13.1. The van der Waals surface area contributed by atoms with Crippen LogP contribution >= 0.6 is 12.2 Å². The second-order valence-electron chi connectivity index (χ2n) is 4.02. The fraction of sp³-hybridized carbons (Fsp3) is 0.917. The van der Waals surface area contributed by atoms with Crippen LogP contribution in [0.1, 0.15) is 65.2 Å². The van der Waals surface area contributed by atoms with E-state index in [0.29, 0.717) is 5.92 Å². The highest BCUT2D eigenvalue weighted by Crippen LogP contribution is 2.11. The Labute approximate surface area is 89.1 Å². The van der Waals surface area contributed by atoms with Crippen molar-refractivity contribution in [1.29, 1.82) is 0 Å². The molecule has 78 valence electrons. The molecule has 0 aromatic carbocycles. The van der Waals surface area contributed by atoms with Crippen molar-refractivity contribution in [3.8, 4) is 0 Å². The molecule has 0 N–H and O–H groups in total. The van der Waals surface area contributed by atoms with Crippen molar-refractivity contribution >= 4 is 17.6 Å². The zero-order valence-electron chi connectivity index (χ0n) is 9.22. The zero-order chi connectivity index (χ0) is 9.94. The van der Waals surface area contributed by atoms with E-state index in [2.05, 4.69) is 13.8 Å². The van der Waals surface area contributed by atoms with Crippen molar-refractivity contribution in [2.45, 2.75) is 65.2 Å². The van der Waals surface area contributed by atoms with Crippen molar-refractivity contribution < 1.29 is 0 Å². The Hall–Kier alpha value is 0.0900. The smallest absolute Gasteiger partial charge is 0.0157 e. The first-order chi connectivity index (χ1) is 6.31. The molecule has 13 heavy (non-hydrogen) atoms. The summed E-state index contributed by atoms with van der Waals surface area (Å²) >= 11 is 4.88. The van der Waals surface area contributed by atoms with E-state index in [0.717, 1.165) is 0 Å². The molecule has 1 atom stereocenters. The van der Waals surface area contributed by atoms with Gasteiger partial charge in [-0.2, -0.15) is 0 Å². The quantitative estimate of drug-likeness (QED) is 0.382. The summed E-state index contributed by atoms with van der Waals surface area (Å²) in [7, 11) is 0. The van der Waals surface area contributed by atoms with Gasteiger partial charge in [-0.1, -0.05) is 71.0 Å². The third kappa shape index (κ3) is 10.0. The molecule has 0 amide bonds. The van der Waals surface area contributed by atoms with Crippen molar-refractivity contribution in [1.82, 2.24) is 0 Å². The summed E-state index contributed by atoms with van der Waals surface area (Å²) in [6, 6.07) is 0. The van der Waals surface area contributed by atoms with Gasteiger partial charge < -0.3 is 0 Å². The highest BCUT2D eigenvalue weighted by molar-refractivity contribution is 7.79. The maximum atomic E-state index is 4.88. The standard InChI is InChI=1S/C12H24S/c1-3-4-5-6-7-8-9-10-12(2)11-13/h11-12H,3-10H2,1-2H3. The average Bonchev–Trinajstić information content (AvgIpc) is 2.16. The number of rotatable bonds is 9. The predicted molar refractivity (Wildman–Crippen MR) is 65.4 cm³/mol. The molecule has 0 fully saturated rings. The van der Waals surface area contributed by atoms with Crippen LogP contribution in [0.4, 0.5) is 0 Å². The Balaban J connectivity index is 2.95. The number of thiocarbonyl (C=S) groups is 1. The minimum absolute atomic E-state index is 0.644. The third-order valence-corrected chi connectivity index (χ3v) is 2.96. The second kappa shape index (κ2) is 10.2. The Morgan fingerprint density at radius 2 is 1.54 bits per heavy atom. The highest BCUT2D eigenvalue weighted by atomic mass is 32.1. The van der Waals surface area contributed by atoms with Crippen LogP contribution in [0.2, 0.25) is 0 Å². The van der Waals surface area contributed by atoms with E-state index in [1.165, 1.54) is 51.4 Å². The second-order valence-corrected chi connectivity index (χ2v) is 4.30. The van der Waals surface area contributed by atoms with Crippen LogP contribution in [-0.4, -0.2) is 5.37 Å². The molecule has 0 nitrogen and oxygen atoms in total. The monoisotopic (exact) mass is 200 g/mol. The molecular weight excluding hydrogens is 176 g/mol. The van der Waals surface area contributed by atoms with Crippen LogP contribution in [0, 0.1) is 5.92 Å². The summed E-state index contributed by atoms with van der Waals surface area (Å²) in [4.78, 5) is 0. The van der Waals surface area contributed by atoms with Crippen LogP contribution in [0.15, 0.2) is 0 Å². The lowest BCUT2D eigenvalue weighted by atomic mass is 10.0. The minimum Gasteiger partial charge on any atom is -0.0932 e. The van der Waals surface area contributed by atoms with Gasteiger partial charge in [0.2, 0.25) is 0 Å². The van der Waals surface area contributed by atoms with Gasteiger partial charge in [-0.05, 0) is 17.7 Å². The zero-order valence-corrected chi connectivity index (χ0v) is 10.0. The molecule has 1 unspecified atom stereocenters. The largest absolute Gasteiger partial charge is 0.0932 e. The van der Waals surface area contributed by atoms with Gasteiger partial charge in [-0.15, -0.1) is 0 Å². The summed E-state index contributed by atoms with van der Waals surface area (Å²) in [6.07, 6.45) is 11.1. The lowest BCUT2D eigenvalue weighted by molar-refractivity contribution is 0.553. The van der Waals surface area contributed by atoms with Gasteiger partial charge in [0.15, 0.2) is 0 Å². The molecular formula is C12H24S. The van der Waals surface area contributed by atoms with Crippen LogP contribution < -0.4 is 0 Å². The van der Waals surface area contributed by atoms with Crippen LogP contribution in [-0.2, 0) is 0 Å². The lowest BCUT2D eigenvalue weighted by Crippen LogP contribution is -1.93. The van der Waals surface area contributed by atoms with E-state index >= 15 is 0 Å². The molecule has 0 spiro atoms. The Morgan fingerprint density at radius 3 is 2.08 bits per heavy atom. The van der Waals surface area contributed by atoms with Crippen molar-refractivity contribution in [3.63, 3.8) is 0 Å². The third-order valence-electron chi connectivity index (χ3n) is 2.50. The number of hydrogen-bond donors (Lipinski definition) is 0. The van der Waals surface area contributed by atoms with Gasteiger partial charge >= 0.3 is 0 Å². The van der Waals surface area contributed by atoms with Crippen molar-refractivity contribution in [2.24, 2.45) is 5.92 Å². The van der Waals surface area contributed by atoms with E-state index in [4.69, 9.17) is 12.2 Å². The molecule has 0 heterocycles. The lowest BCUT2D eigenvalue weighted by Gasteiger charge is -2.04. The van der Waals surface area contributed by atoms with Crippen molar-refractivity contribution in [3.05, 3.63) is 0 Å². The van der Waals surface area contributed by atoms with E-state index in [9.17, 15) is 0 Å². The SMILES string of the molecule is CCCCCCCCCC(C)C=S. The van der Waals surface area contributed by atoms with Gasteiger partial charge in [0.25, 0.3) is 0 Å². The van der Waals surface area contributed by atoms with Crippen LogP contribution in [0.5, 0.6) is 0 Å². The van der Waals surface area contributed by atoms with Crippen molar-refractivity contribution in [2.75, 3.05) is 0 Å². The number of hydrogen-bond acceptors (Lipinski definition) is 1. The normalized spacial score (nSPS) is 12.8. The summed E-state index contributed by atoms with van der Waals surface area (Å²) in [5.41, 5.74) is 0. The highest BCUT2D eigenvalue weighted by Gasteiger charge is 1.96. The van der Waals surface area contributed by atoms with E-state index < -0.39 is 0 Å². The number of unbranched alkanes of at least 4 members (excludes halogenated alkanes) is 6. The van der Waals surface area contributed by atoms with Gasteiger partial charge in [-0.3, -0.25) is 0 Å². The Morgan fingerprint density at radius 1 is 1.00 bits per heavy atom. The van der Waals surface area contributed by atoms with Gasteiger partial charge in [0.1, 0.15) is 0 Å². The summed E-state index contributed by atoms with van der Waals surface area (Å²) in [5.74, 6) is 0.644. The summed E-state index contributed by atoms with van der Waals surface area (Å²) in [5, 5.41) is 1.90. The van der Waals surface area contributed by atoms with E-state index in [1.54, 1.807) is 0 Å². The van der Waals surface area contributed by atoms with E-state index in [1.807, 2.05) is 5.37 Å². The molecule has 0 saturated carbocycles. The molecule has 0 aromatic heterocycles. The molecule has 0 saturated heterocycles. The predicted octanol–water partition coefficient (Wildman–Crippen LogP) is 4.76. The molecule has 0 bridgehead atoms. The minimum atomic E-state index is 0.644. The van der Waals surface area contributed by atoms with E-state index in [-0.39, 0.29) is 0 Å². The molecule has 0 aliphatic heterocycles. The Bertz CT molecular complexity index is 110. The fourth-order valence-electron chi connectivity index (χ4n) is 1.49. The molecule has 0 aliphatic carbocycles. The molecule has 0 rings (SSSR count). The molecule has 0 radical (unpaired) electrons. The van der Waals surface area contributed by atoms with Gasteiger partial charge in [-0.25, -0.2) is 0 Å². The van der Waals surface area contributed by atoms with Crippen LogP contribution in [0.3, 0.4) is 0 Å². The molecule has 0 aromatic rings. The summed E-state index contributed by atoms with van der Waals surface area (Å²) in [6.45, 7) is 4.48. The maximum Gasteiger partial charge on any atom is -0.0157 e. The summed E-state index contributed by atoms with van der Waals surface area (Å²) < 4.78 is 0. The fourth-order valence-corrected chi connectivity index (χ4v) is 1.63. The Kier molecular flexibility index (Phi) is 10.2. The maximum absolute atomic E-state index is 4.88. The van der Waals surface area contributed by atoms with Gasteiger partial charge in [0.05, 0.1) is 0 Å². The first-order valence-corrected chi connectivity index (χ1v) is 6.23. The topological polar surface area (TPSA) is 0 Å².